The summed E-state index contributed by atoms with van der Waals surface area (Å²) < 4.78 is 23.3. The first-order valence-corrected chi connectivity index (χ1v) is 11.9. The molecule has 164 valence electrons. The van der Waals surface area contributed by atoms with Crippen molar-refractivity contribution in [2.45, 2.75) is 26.8 Å². The Balaban J connectivity index is 1.82. The number of rotatable bonds is 4. The van der Waals surface area contributed by atoms with E-state index < -0.39 is 10.6 Å². The second kappa shape index (κ2) is 7.33. The lowest BCUT2D eigenvalue weighted by Gasteiger charge is -2.41. The van der Waals surface area contributed by atoms with Gasteiger partial charge in [-0.1, -0.05) is 13.8 Å². The molecule has 0 aliphatic carbocycles. The van der Waals surface area contributed by atoms with Crippen molar-refractivity contribution in [3.63, 3.8) is 0 Å². The minimum Gasteiger partial charge on any atom is -0.382 e. The lowest BCUT2D eigenvalue weighted by atomic mass is 10.0. The number of nitrogens with two attached hydrogens (primary N) is 1. The van der Waals surface area contributed by atoms with Crippen molar-refractivity contribution in [1.29, 1.82) is 0 Å². The van der Waals surface area contributed by atoms with E-state index in [4.69, 9.17) is 5.73 Å². The van der Waals surface area contributed by atoms with Crippen LogP contribution in [0.3, 0.4) is 0 Å². The standard InChI is InChI=1S/C19H29N7O3S/c1-11(2)12(3)26-10-13(17-16(19(26)27)18(20)22-21-17)14-9-15(24(4)23-14)25-5-7-30(28,29)8-6-25/h9-12,28-29H,5-8H2,1-4H3,(H3,20,21,22)/t12-/m0/s1. The third-order valence-corrected chi connectivity index (χ3v) is 7.69. The number of aromatic nitrogens is 5. The van der Waals surface area contributed by atoms with Crippen LogP contribution >= 0.6 is 10.6 Å². The summed E-state index contributed by atoms with van der Waals surface area (Å²) >= 11 is 0. The van der Waals surface area contributed by atoms with E-state index in [2.05, 4.69) is 34.0 Å². The molecule has 0 amide bonds. The van der Waals surface area contributed by atoms with E-state index in [-0.39, 0.29) is 23.3 Å². The van der Waals surface area contributed by atoms with E-state index in [0.717, 1.165) is 11.4 Å². The highest BCUT2D eigenvalue weighted by Gasteiger charge is 2.26. The number of nitrogen functional groups attached to an aromatic ring is 1. The van der Waals surface area contributed by atoms with Crippen LogP contribution in [-0.4, -0.2) is 58.2 Å². The van der Waals surface area contributed by atoms with Gasteiger partial charge in [-0.25, -0.2) is 0 Å². The Morgan fingerprint density at radius 3 is 2.53 bits per heavy atom. The van der Waals surface area contributed by atoms with Gasteiger partial charge in [-0.3, -0.25) is 23.7 Å². The van der Waals surface area contributed by atoms with Crippen molar-refractivity contribution in [2.24, 2.45) is 13.0 Å². The predicted octanol–water partition coefficient (Wildman–Crippen LogP) is 2.49. The Hall–Kier alpha value is -2.50. The van der Waals surface area contributed by atoms with Crippen molar-refractivity contribution in [3.05, 3.63) is 22.6 Å². The van der Waals surface area contributed by atoms with Gasteiger partial charge in [0.1, 0.15) is 11.2 Å². The van der Waals surface area contributed by atoms with Gasteiger partial charge in [0.05, 0.1) is 22.7 Å². The molecule has 1 saturated heterocycles. The SMILES string of the molecule is CC(C)[C@H](C)n1cc(-c2cc(N3CCS(O)(O)CC3)n(C)n2)c2[nH]nc(N)c2c1=O. The molecule has 1 aliphatic rings. The van der Waals surface area contributed by atoms with Gasteiger partial charge >= 0.3 is 0 Å². The van der Waals surface area contributed by atoms with Gasteiger partial charge < -0.3 is 15.2 Å². The summed E-state index contributed by atoms with van der Waals surface area (Å²) in [5, 5.41) is 12.0. The second-order valence-electron chi connectivity index (χ2n) is 8.31. The van der Waals surface area contributed by atoms with Gasteiger partial charge in [0.25, 0.3) is 5.56 Å². The molecule has 0 aromatic carbocycles. The summed E-state index contributed by atoms with van der Waals surface area (Å²) in [6, 6.07) is 1.93. The van der Waals surface area contributed by atoms with E-state index in [1.807, 2.05) is 26.2 Å². The Morgan fingerprint density at radius 1 is 1.23 bits per heavy atom. The van der Waals surface area contributed by atoms with Gasteiger partial charge in [0, 0.05) is 44.0 Å². The van der Waals surface area contributed by atoms with E-state index in [1.54, 1.807) is 9.25 Å². The maximum Gasteiger partial charge on any atom is 0.264 e. The fraction of sp³-hybridized carbons (Fsp3) is 0.526. The van der Waals surface area contributed by atoms with Crippen LogP contribution in [0.15, 0.2) is 17.1 Å². The fourth-order valence-electron chi connectivity index (χ4n) is 3.82. The number of H-pyrrole nitrogens is 1. The molecule has 3 aromatic rings. The summed E-state index contributed by atoms with van der Waals surface area (Å²) in [5.74, 6) is 2.03. The third-order valence-electron chi connectivity index (χ3n) is 6.02. The molecule has 4 rings (SSSR count). The molecular weight excluding hydrogens is 406 g/mol. The van der Waals surface area contributed by atoms with Crippen molar-refractivity contribution in [3.8, 4) is 11.3 Å². The maximum absolute atomic E-state index is 13.1. The van der Waals surface area contributed by atoms with Crippen molar-refractivity contribution in [2.75, 3.05) is 35.2 Å². The molecule has 0 saturated carbocycles. The van der Waals surface area contributed by atoms with E-state index in [0.29, 0.717) is 41.2 Å². The van der Waals surface area contributed by atoms with Crippen LogP contribution in [-0.2, 0) is 7.05 Å². The first kappa shape index (κ1) is 20.8. The zero-order valence-electron chi connectivity index (χ0n) is 17.7. The number of aryl methyl sites for hydroxylation is 1. The molecule has 0 bridgehead atoms. The molecule has 0 spiro atoms. The van der Waals surface area contributed by atoms with Crippen molar-refractivity contribution in [1.82, 2.24) is 24.5 Å². The van der Waals surface area contributed by atoms with Crippen LogP contribution in [0.5, 0.6) is 0 Å². The summed E-state index contributed by atoms with van der Waals surface area (Å²) in [5.41, 5.74) is 7.87. The highest BCUT2D eigenvalue weighted by Crippen LogP contribution is 2.41. The van der Waals surface area contributed by atoms with E-state index in [1.165, 1.54) is 0 Å². The molecule has 1 fully saturated rings. The van der Waals surface area contributed by atoms with Crippen LogP contribution in [0.4, 0.5) is 11.6 Å². The van der Waals surface area contributed by atoms with Crippen LogP contribution in [0.2, 0.25) is 0 Å². The number of hydrogen-bond donors (Lipinski definition) is 4. The van der Waals surface area contributed by atoms with Crippen LogP contribution < -0.4 is 16.2 Å². The molecule has 11 heteroatoms. The van der Waals surface area contributed by atoms with Gasteiger partial charge in [-0.2, -0.15) is 20.8 Å². The van der Waals surface area contributed by atoms with Crippen molar-refractivity contribution < 1.29 is 9.11 Å². The summed E-state index contributed by atoms with van der Waals surface area (Å²) in [4.78, 5) is 15.2. The molecule has 1 aliphatic heterocycles. The summed E-state index contributed by atoms with van der Waals surface area (Å²) in [6.07, 6.45) is 1.83. The molecule has 0 radical (unpaired) electrons. The smallest absolute Gasteiger partial charge is 0.264 e. The van der Waals surface area contributed by atoms with Gasteiger partial charge in [-0.05, 0) is 12.8 Å². The van der Waals surface area contributed by atoms with Crippen LogP contribution in [0, 0.1) is 5.92 Å². The number of hydrogen-bond acceptors (Lipinski definition) is 7. The number of nitrogens with zero attached hydrogens (tertiary/aromatic N) is 5. The van der Waals surface area contributed by atoms with Gasteiger partial charge in [0.15, 0.2) is 5.82 Å². The minimum atomic E-state index is -2.47. The summed E-state index contributed by atoms with van der Waals surface area (Å²) in [7, 11) is -0.615. The van der Waals surface area contributed by atoms with Gasteiger partial charge in [0.2, 0.25) is 0 Å². The molecule has 0 unspecified atom stereocenters. The molecule has 30 heavy (non-hydrogen) atoms. The largest absolute Gasteiger partial charge is 0.382 e. The van der Waals surface area contributed by atoms with E-state index in [9.17, 15) is 13.9 Å². The molecule has 10 nitrogen and oxygen atoms in total. The molecular formula is C19H29N7O3S. The maximum atomic E-state index is 13.1. The number of nitrogens with one attached hydrogen (secondary N) is 1. The Labute approximate surface area is 176 Å². The number of fused-ring (bicyclic) bond motifs is 1. The number of pyridine rings is 1. The molecule has 4 heterocycles. The zero-order valence-corrected chi connectivity index (χ0v) is 18.5. The summed E-state index contributed by atoms with van der Waals surface area (Å²) in [6.45, 7) is 7.25. The number of anilines is 2. The van der Waals surface area contributed by atoms with E-state index >= 15 is 0 Å². The minimum absolute atomic E-state index is 0.0227. The Kier molecular flexibility index (Phi) is 5.07. The third kappa shape index (κ3) is 3.46. The first-order chi connectivity index (χ1) is 14.1. The monoisotopic (exact) mass is 435 g/mol. The highest BCUT2D eigenvalue weighted by molar-refractivity contribution is 8.24. The van der Waals surface area contributed by atoms with Crippen LogP contribution in [0.25, 0.3) is 22.2 Å². The quantitative estimate of drug-likeness (QED) is 0.494. The molecule has 1 atom stereocenters. The molecule has 3 aromatic heterocycles. The van der Waals surface area contributed by atoms with Gasteiger partial charge in [-0.15, -0.1) is 0 Å². The Bertz CT molecular complexity index is 1140. The lowest BCUT2D eigenvalue weighted by Crippen LogP contribution is -2.39. The second-order valence-corrected chi connectivity index (χ2v) is 10.7. The molecule has 5 N–H and O–H groups in total. The first-order valence-electron chi connectivity index (χ1n) is 10.0. The fourth-order valence-corrected chi connectivity index (χ4v) is 5.05. The van der Waals surface area contributed by atoms with Crippen LogP contribution in [0.1, 0.15) is 26.8 Å². The highest BCUT2D eigenvalue weighted by atomic mass is 32.3. The lowest BCUT2D eigenvalue weighted by molar-refractivity contribution is 0.400. The zero-order chi connectivity index (χ0) is 21.8. The average molecular weight is 436 g/mol. The topological polar surface area (TPSA) is 138 Å². The average Bonchev–Trinajstić information content (AvgIpc) is 3.25. The number of aromatic amines is 1. The Morgan fingerprint density at radius 2 is 1.90 bits per heavy atom. The normalized spacial score (nSPS) is 18.8. The van der Waals surface area contributed by atoms with Crippen molar-refractivity contribution >= 4 is 33.1 Å². The predicted molar refractivity (Wildman–Crippen MR) is 121 cm³/mol.